The van der Waals surface area contributed by atoms with Crippen molar-refractivity contribution in [3.05, 3.63) is 248 Å². The number of carbonyl (C=O) groups is 4. The third kappa shape index (κ3) is 26.4. The quantitative estimate of drug-likeness (QED) is 0.0239. The minimum Gasteiger partial charge on any atom is -0.493 e. The molecule has 8 aromatic rings. The van der Waals surface area contributed by atoms with Crippen molar-refractivity contribution in [2.24, 2.45) is 0 Å². The van der Waals surface area contributed by atoms with Crippen molar-refractivity contribution in [3.63, 3.8) is 0 Å². The highest BCUT2D eigenvalue weighted by molar-refractivity contribution is 5.96. The molecule has 8 aromatic carbocycles. The molecule has 0 saturated carbocycles. The van der Waals surface area contributed by atoms with Gasteiger partial charge < -0.3 is 87.0 Å². The van der Waals surface area contributed by atoms with Gasteiger partial charge in [-0.1, -0.05) is 109 Å². The zero-order chi connectivity index (χ0) is 75.7. The lowest BCUT2D eigenvalue weighted by atomic mass is 10.1. The molecule has 0 radical (unpaired) electrons. The van der Waals surface area contributed by atoms with Gasteiger partial charge in [0.25, 0.3) is 17.7 Å². The van der Waals surface area contributed by atoms with Gasteiger partial charge in [-0.05, 0) is 188 Å². The Morgan fingerprint density at radius 1 is 0.309 bits per heavy atom. The van der Waals surface area contributed by atoms with Crippen molar-refractivity contribution in [2.45, 2.75) is 174 Å². The molecular weight excluding hydrogens is 1400 g/mol. The van der Waals surface area contributed by atoms with Crippen molar-refractivity contribution >= 4 is 23.7 Å². The second kappa shape index (κ2) is 42.9. The Morgan fingerprint density at radius 3 is 0.845 bits per heavy atom. The highest BCUT2D eigenvalue weighted by Crippen LogP contribution is 2.30. The molecule has 0 spiro atoms. The van der Waals surface area contributed by atoms with Crippen LogP contribution in [-0.2, 0) is 102 Å². The van der Waals surface area contributed by atoms with Crippen molar-refractivity contribution in [1.29, 1.82) is 0 Å². The first-order valence-corrected chi connectivity index (χ1v) is 38.5. The molecule has 4 unspecified atom stereocenters. The zero-order valence-electron chi connectivity index (χ0n) is 62.7. The van der Waals surface area contributed by atoms with Gasteiger partial charge in [0.1, 0.15) is 60.9 Å². The zero-order valence-corrected chi connectivity index (χ0v) is 62.7. The molecular formula is C88H101N3O19. The largest absolute Gasteiger partial charge is 0.493 e. The number of hydrogen-bond acceptors (Lipinski definition) is 19. The lowest BCUT2D eigenvalue weighted by molar-refractivity contribution is -0.169. The molecule has 4 saturated heterocycles. The molecule has 4 atom stereocenters. The fourth-order valence-corrected chi connectivity index (χ4v) is 12.6. The van der Waals surface area contributed by atoms with Crippen LogP contribution in [0.1, 0.15) is 181 Å². The Kier molecular flexibility index (Phi) is 31.1. The van der Waals surface area contributed by atoms with E-state index >= 15 is 0 Å². The Morgan fingerprint density at radius 2 is 0.573 bits per heavy atom. The van der Waals surface area contributed by atoms with E-state index in [-0.39, 0.29) is 102 Å². The van der Waals surface area contributed by atoms with Crippen LogP contribution in [0.25, 0.3) is 0 Å². The normalized spacial score (nSPS) is 17.1. The maximum absolute atomic E-state index is 14.0. The SMILES string of the molecule is COC(=O)c1ccc(CNC(=O)c2cc(OCCCNC(=O)c3cc(OCc4ccc(COC5CCCCO5)cc4)cc(OCc4ccc(COC5CCCCO5)cc4)c3)cc(OCCCNC(=O)c3cc(OCc4ccc(COC5CCCCO5)cc4)cc(OCc4ccc(COC5CCCCO5)cc4)c3)c2)cc1. The van der Waals surface area contributed by atoms with Gasteiger partial charge in [-0.2, -0.15) is 0 Å². The molecule has 0 aliphatic carbocycles. The van der Waals surface area contributed by atoms with Crippen molar-refractivity contribution in [3.8, 4) is 34.5 Å². The Labute approximate surface area is 643 Å². The van der Waals surface area contributed by atoms with E-state index in [1.807, 2.05) is 97.1 Å². The molecule has 582 valence electrons. The topological polar surface area (TPSA) is 243 Å². The number of esters is 1. The standard InChI is InChI=1S/C88H101N3O19/c1-96-88(95)71-34-32-62(33-35-71)53-91-87(94)74-44-75(97-42-10-36-89-85(92)72-46-77(103-54-63-16-24-67(25-17-63)58-107-81-12-2-6-38-99-81)51-78(47-72)104-55-64-18-26-68(27-19-64)59-108-82-13-3-7-39-100-82)50-76(45-74)98-43-11-37-90-86(93)73-48-79(105-56-65-20-28-69(29-21-65)60-109-83-14-4-8-40-101-83)52-80(49-73)106-57-66-22-30-70(31-23-66)61-110-84-15-5-9-41-102-84/h16-35,44-52,81-84H,2-15,36-43,53-61H2,1H3,(H,89,92)(H,90,93)(H,91,94). The maximum Gasteiger partial charge on any atom is 0.337 e. The lowest BCUT2D eigenvalue weighted by Gasteiger charge is -2.22. The Hall–Kier alpha value is -9.88. The van der Waals surface area contributed by atoms with Gasteiger partial charge in [-0.15, -0.1) is 0 Å². The number of hydrogen-bond donors (Lipinski definition) is 3. The lowest BCUT2D eigenvalue weighted by Crippen LogP contribution is -2.26. The first kappa shape index (κ1) is 79.7. The second-order valence-electron chi connectivity index (χ2n) is 27.7. The maximum atomic E-state index is 14.0. The predicted octanol–water partition coefficient (Wildman–Crippen LogP) is 15.3. The van der Waals surface area contributed by atoms with E-state index in [2.05, 4.69) is 16.0 Å². The summed E-state index contributed by atoms with van der Waals surface area (Å²) >= 11 is 0. The summed E-state index contributed by atoms with van der Waals surface area (Å²) in [6.45, 7) is 6.62. The highest BCUT2D eigenvalue weighted by atomic mass is 16.7. The van der Waals surface area contributed by atoms with Crippen molar-refractivity contribution < 1.29 is 90.2 Å². The smallest absolute Gasteiger partial charge is 0.337 e. The van der Waals surface area contributed by atoms with Gasteiger partial charge >= 0.3 is 5.97 Å². The molecule has 4 aliphatic heterocycles. The van der Waals surface area contributed by atoms with Gasteiger partial charge in [0, 0.05) is 81.0 Å². The summed E-state index contributed by atoms with van der Waals surface area (Å²) in [7, 11) is 1.32. The minimum absolute atomic E-state index is 0.163. The van der Waals surface area contributed by atoms with Crippen molar-refractivity contribution in [2.75, 3.05) is 59.8 Å². The van der Waals surface area contributed by atoms with Gasteiger partial charge in [0.05, 0.1) is 52.3 Å². The van der Waals surface area contributed by atoms with Crippen molar-refractivity contribution in [1.82, 2.24) is 16.0 Å². The summed E-state index contributed by atoms with van der Waals surface area (Å²) in [5, 5.41) is 9.01. The van der Waals surface area contributed by atoms with Gasteiger partial charge in [-0.3, -0.25) is 14.4 Å². The molecule has 110 heavy (non-hydrogen) atoms. The average Bonchev–Trinajstić information content (AvgIpc) is 0.849. The minimum atomic E-state index is -0.466. The van der Waals surface area contributed by atoms with Crippen LogP contribution in [0, 0.1) is 0 Å². The number of ether oxygens (including phenoxy) is 15. The van der Waals surface area contributed by atoms with Crippen LogP contribution in [0.2, 0.25) is 0 Å². The molecule has 22 nitrogen and oxygen atoms in total. The second-order valence-corrected chi connectivity index (χ2v) is 27.7. The van der Waals surface area contributed by atoms with E-state index in [1.54, 1.807) is 78.9 Å². The van der Waals surface area contributed by atoms with Crippen LogP contribution in [0.4, 0.5) is 0 Å². The van der Waals surface area contributed by atoms with Crippen LogP contribution in [-0.4, -0.2) is 109 Å². The average molecular weight is 1500 g/mol. The first-order valence-electron chi connectivity index (χ1n) is 38.5. The summed E-state index contributed by atoms with van der Waals surface area (Å²) in [4.78, 5) is 54.1. The fraction of sp³-hybridized carbons (Fsp3) is 0.409. The number of amides is 3. The molecule has 4 fully saturated rings. The van der Waals surface area contributed by atoms with Gasteiger partial charge in [0.2, 0.25) is 0 Å². The molecule has 0 aromatic heterocycles. The number of nitrogens with one attached hydrogen (secondary N) is 3. The molecule has 12 rings (SSSR count). The number of rotatable bonds is 40. The van der Waals surface area contributed by atoms with Crippen LogP contribution >= 0.6 is 0 Å². The van der Waals surface area contributed by atoms with Gasteiger partial charge in [0.15, 0.2) is 25.2 Å². The number of carbonyl (C=O) groups excluding carboxylic acids is 4. The van der Waals surface area contributed by atoms with Crippen LogP contribution < -0.4 is 44.4 Å². The summed E-state index contributed by atoms with van der Waals surface area (Å²) in [5.41, 5.74) is 9.94. The highest BCUT2D eigenvalue weighted by Gasteiger charge is 2.21. The third-order valence-electron chi connectivity index (χ3n) is 19.0. The number of methoxy groups -OCH3 is 1. The van der Waals surface area contributed by atoms with E-state index in [9.17, 15) is 19.2 Å². The molecule has 22 heteroatoms. The molecule has 0 bridgehead atoms. The molecule has 3 amide bonds. The molecule has 3 N–H and O–H groups in total. The van der Waals surface area contributed by atoms with E-state index in [1.165, 1.54) is 7.11 Å². The Balaban J connectivity index is 0.661. The van der Waals surface area contributed by atoms with E-state index in [0.717, 1.165) is 154 Å². The summed E-state index contributed by atoms with van der Waals surface area (Å²) in [5.74, 6) is 0.973. The summed E-state index contributed by atoms with van der Waals surface area (Å²) in [6, 6.07) is 54.2. The monoisotopic (exact) mass is 1500 g/mol. The van der Waals surface area contributed by atoms with Crippen LogP contribution in [0.5, 0.6) is 34.5 Å². The Bertz CT molecular complexity index is 3750. The number of benzene rings is 8. The summed E-state index contributed by atoms with van der Waals surface area (Å²) in [6.07, 6.45) is 12.2. The molecule has 4 aliphatic rings. The predicted molar refractivity (Wildman–Crippen MR) is 410 cm³/mol. The van der Waals surface area contributed by atoms with Crippen LogP contribution in [0.15, 0.2) is 176 Å². The summed E-state index contributed by atoms with van der Waals surface area (Å²) < 4.78 is 89.8. The first-order chi connectivity index (χ1) is 54.0. The van der Waals surface area contributed by atoms with Crippen LogP contribution in [0.3, 0.4) is 0 Å². The fourth-order valence-electron chi connectivity index (χ4n) is 12.6. The molecule has 4 heterocycles. The van der Waals surface area contributed by atoms with Gasteiger partial charge in [-0.25, -0.2) is 4.79 Å². The van der Waals surface area contributed by atoms with E-state index < -0.39 is 11.9 Å². The third-order valence-corrected chi connectivity index (χ3v) is 19.0. The van der Waals surface area contributed by atoms with E-state index in [4.69, 9.17) is 71.1 Å². The van der Waals surface area contributed by atoms with E-state index in [0.29, 0.717) is 90.5 Å².